The third kappa shape index (κ3) is 2.26. The Kier molecular flexibility index (Phi) is 3.41. The Hall–Kier alpha value is -1.40. The number of carbonyl (C=O) groups excluding carboxylic acids is 1. The van der Waals surface area contributed by atoms with Crippen molar-refractivity contribution < 1.29 is 13.2 Å². The minimum atomic E-state index is -3.30. The summed E-state index contributed by atoms with van der Waals surface area (Å²) in [4.78, 5) is 13.4. The molecule has 0 aliphatic carbocycles. The molecule has 1 aliphatic heterocycles. The highest BCUT2D eigenvalue weighted by molar-refractivity contribution is 7.91. The van der Waals surface area contributed by atoms with Gasteiger partial charge in [-0.1, -0.05) is 0 Å². The summed E-state index contributed by atoms with van der Waals surface area (Å²) in [5, 5.41) is 0. The van der Waals surface area contributed by atoms with Gasteiger partial charge in [0.1, 0.15) is 0 Å². The summed E-state index contributed by atoms with van der Waals surface area (Å²) in [6.45, 7) is 0.109. The maximum Gasteiger partial charge on any atom is 0.227 e. The van der Waals surface area contributed by atoms with Gasteiger partial charge in [-0.25, -0.2) is 8.42 Å². The first kappa shape index (κ1) is 13.0. The number of hydrogen-bond acceptors (Lipinski definition) is 4. The van der Waals surface area contributed by atoms with Crippen LogP contribution in [0.2, 0.25) is 0 Å². The first-order chi connectivity index (χ1) is 8.45. The second kappa shape index (κ2) is 4.70. The number of sulfone groups is 1. The summed E-state index contributed by atoms with van der Waals surface area (Å²) in [7, 11) is -1.60. The lowest BCUT2D eigenvalue weighted by Gasteiger charge is -2.26. The smallest absolute Gasteiger partial charge is 0.227 e. The molecular formula is C12H16N2O3S. The molecule has 1 amide bonds. The standard InChI is InChI=1S/C12H16N2O3S/c1-14-11-4-3-10(18(16,17)7-6-13)8-9(11)2-5-12(14)15/h3-4,8H,2,5-7,13H2,1H3. The molecule has 0 saturated heterocycles. The predicted molar refractivity (Wildman–Crippen MR) is 69.3 cm³/mol. The molecule has 0 aromatic heterocycles. The predicted octanol–water partition coefficient (Wildman–Crippen LogP) is 0.328. The normalized spacial score (nSPS) is 15.7. The van der Waals surface area contributed by atoms with Crippen molar-refractivity contribution in [1.82, 2.24) is 0 Å². The van der Waals surface area contributed by atoms with Gasteiger partial charge in [0.15, 0.2) is 9.84 Å². The summed E-state index contributed by atoms with van der Waals surface area (Å²) in [5.41, 5.74) is 6.99. The molecule has 0 saturated carbocycles. The van der Waals surface area contributed by atoms with E-state index < -0.39 is 9.84 Å². The Morgan fingerprint density at radius 2 is 2.06 bits per heavy atom. The number of hydrogen-bond donors (Lipinski definition) is 1. The molecule has 1 aromatic carbocycles. The third-order valence-corrected chi connectivity index (χ3v) is 4.89. The number of nitrogens with two attached hydrogens (primary N) is 1. The first-order valence-corrected chi connectivity index (χ1v) is 7.43. The van der Waals surface area contributed by atoms with Crippen LogP contribution in [0.4, 0.5) is 5.69 Å². The van der Waals surface area contributed by atoms with Crippen molar-refractivity contribution in [2.24, 2.45) is 5.73 Å². The molecule has 18 heavy (non-hydrogen) atoms. The largest absolute Gasteiger partial charge is 0.329 e. The van der Waals surface area contributed by atoms with Gasteiger partial charge in [-0.3, -0.25) is 4.79 Å². The van der Waals surface area contributed by atoms with Gasteiger partial charge in [-0.2, -0.15) is 0 Å². The maximum atomic E-state index is 11.9. The number of carbonyl (C=O) groups is 1. The van der Waals surface area contributed by atoms with E-state index in [0.29, 0.717) is 12.8 Å². The van der Waals surface area contributed by atoms with Gasteiger partial charge in [-0.15, -0.1) is 0 Å². The minimum absolute atomic E-state index is 0.0550. The van der Waals surface area contributed by atoms with E-state index in [1.54, 1.807) is 30.1 Å². The van der Waals surface area contributed by atoms with Crippen molar-refractivity contribution in [1.29, 1.82) is 0 Å². The minimum Gasteiger partial charge on any atom is -0.329 e. The molecule has 5 nitrogen and oxygen atoms in total. The second-order valence-electron chi connectivity index (χ2n) is 4.35. The Bertz CT molecular complexity index is 581. The third-order valence-electron chi connectivity index (χ3n) is 3.14. The SMILES string of the molecule is CN1C(=O)CCc2cc(S(=O)(=O)CCN)ccc21. The zero-order chi connectivity index (χ0) is 13.3. The molecule has 6 heteroatoms. The number of nitrogens with zero attached hydrogens (tertiary/aromatic N) is 1. The summed E-state index contributed by atoms with van der Waals surface area (Å²) >= 11 is 0. The highest BCUT2D eigenvalue weighted by Crippen LogP contribution is 2.29. The summed E-state index contributed by atoms with van der Waals surface area (Å²) in [6, 6.07) is 4.89. The lowest BCUT2D eigenvalue weighted by molar-refractivity contribution is -0.118. The molecular weight excluding hydrogens is 252 g/mol. The van der Waals surface area contributed by atoms with Crippen LogP contribution in [0.5, 0.6) is 0 Å². The van der Waals surface area contributed by atoms with Crippen LogP contribution in [0.3, 0.4) is 0 Å². The zero-order valence-corrected chi connectivity index (χ0v) is 11.0. The average molecular weight is 268 g/mol. The molecule has 0 spiro atoms. The van der Waals surface area contributed by atoms with E-state index in [0.717, 1.165) is 11.3 Å². The van der Waals surface area contributed by atoms with Crippen LogP contribution in [-0.4, -0.2) is 33.7 Å². The first-order valence-electron chi connectivity index (χ1n) is 5.78. The Balaban J connectivity index is 2.43. The van der Waals surface area contributed by atoms with E-state index >= 15 is 0 Å². The van der Waals surface area contributed by atoms with Crippen LogP contribution in [-0.2, 0) is 21.1 Å². The number of aryl methyl sites for hydroxylation is 1. The number of benzene rings is 1. The number of anilines is 1. The lowest BCUT2D eigenvalue weighted by Crippen LogP contribution is -2.31. The fourth-order valence-electron chi connectivity index (χ4n) is 2.10. The topological polar surface area (TPSA) is 80.5 Å². The van der Waals surface area contributed by atoms with Crippen molar-refractivity contribution in [2.75, 3.05) is 24.2 Å². The van der Waals surface area contributed by atoms with Crippen LogP contribution in [0.25, 0.3) is 0 Å². The molecule has 2 rings (SSSR count). The summed E-state index contributed by atoms with van der Waals surface area (Å²) < 4.78 is 23.8. The Labute approximate surface area is 107 Å². The fraction of sp³-hybridized carbons (Fsp3) is 0.417. The van der Waals surface area contributed by atoms with E-state index in [2.05, 4.69) is 0 Å². The van der Waals surface area contributed by atoms with E-state index in [-0.39, 0.29) is 23.1 Å². The molecule has 98 valence electrons. The second-order valence-corrected chi connectivity index (χ2v) is 6.46. The fourth-order valence-corrected chi connectivity index (χ4v) is 3.24. The van der Waals surface area contributed by atoms with Gasteiger partial charge in [0, 0.05) is 25.7 Å². The van der Waals surface area contributed by atoms with Gasteiger partial charge < -0.3 is 10.6 Å². The lowest BCUT2D eigenvalue weighted by atomic mass is 10.0. The molecule has 1 aromatic rings. The van der Waals surface area contributed by atoms with Crippen LogP contribution < -0.4 is 10.6 Å². The van der Waals surface area contributed by atoms with E-state index in [1.807, 2.05) is 0 Å². The molecule has 2 N–H and O–H groups in total. The van der Waals surface area contributed by atoms with Gasteiger partial charge in [0.2, 0.25) is 5.91 Å². The van der Waals surface area contributed by atoms with Crippen LogP contribution in [0.1, 0.15) is 12.0 Å². The quantitative estimate of drug-likeness (QED) is 0.856. The molecule has 1 aliphatic rings. The van der Waals surface area contributed by atoms with Gasteiger partial charge in [-0.05, 0) is 30.2 Å². The Morgan fingerprint density at radius 1 is 1.33 bits per heavy atom. The average Bonchev–Trinajstić information content (AvgIpc) is 2.33. The van der Waals surface area contributed by atoms with Crippen molar-refractivity contribution in [2.45, 2.75) is 17.7 Å². The Morgan fingerprint density at radius 3 is 2.72 bits per heavy atom. The summed E-state index contributed by atoms with van der Waals surface area (Å²) in [5.74, 6) is 0.000613. The number of rotatable bonds is 3. The number of fused-ring (bicyclic) bond motifs is 1. The van der Waals surface area contributed by atoms with Gasteiger partial charge in [0.05, 0.1) is 10.6 Å². The molecule has 0 atom stereocenters. The molecule has 1 heterocycles. The van der Waals surface area contributed by atoms with Crippen molar-refractivity contribution in [3.8, 4) is 0 Å². The van der Waals surface area contributed by atoms with Crippen molar-refractivity contribution >= 4 is 21.4 Å². The van der Waals surface area contributed by atoms with Gasteiger partial charge in [0.25, 0.3) is 0 Å². The van der Waals surface area contributed by atoms with E-state index in [1.165, 1.54) is 0 Å². The van der Waals surface area contributed by atoms with E-state index in [9.17, 15) is 13.2 Å². The van der Waals surface area contributed by atoms with E-state index in [4.69, 9.17) is 5.73 Å². The monoisotopic (exact) mass is 268 g/mol. The molecule has 0 radical (unpaired) electrons. The molecule has 0 bridgehead atoms. The van der Waals surface area contributed by atoms with Crippen molar-refractivity contribution in [3.63, 3.8) is 0 Å². The molecule has 0 fully saturated rings. The maximum absolute atomic E-state index is 11.9. The highest BCUT2D eigenvalue weighted by atomic mass is 32.2. The van der Waals surface area contributed by atoms with Crippen LogP contribution >= 0.6 is 0 Å². The van der Waals surface area contributed by atoms with Gasteiger partial charge >= 0.3 is 0 Å². The van der Waals surface area contributed by atoms with Crippen molar-refractivity contribution in [3.05, 3.63) is 23.8 Å². The zero-order valence-electron chi connectivity index (χ0n) is 10.2. The summed E-state index contributed by atoms with van der Waals surface area (Å²) in [6.07, 6.45) is 1.01. The van der Waals surface area contributed by atoms with Crippen LogP contribution in [0.15, 0.2) is 23.1 Å². The van der Waals surface area contributed by atoms with Crippen LogP contribution in [0, 0.1) is 0 Å². The number of amides is 1. The molecule has 0 unspecified atom stereocenters. The highest BCUT2D eigenvalue weighted by Gasteiger charge is 2.23.